The Morgan fingerprint density at radius 3 is 2.10 bits per heavy atom. The molecule has 0 bridgehead atoms. The highest BCUT2D eigenvalue weighted by Gasteiger charge is 2.07. The Morgan fingerprint density at radius 2 is 1.55 bits per heavy atom. The van der Waals surface area contributed by atoms with Crippen molar-refractivity contribution in [3.8, 4) is 0 Å². The number of nitrogens with two attached hydrogens (primary N) is 1. The van der Waals surface area contributed by atoms with Crippen LogP contribution in [-0.4, -0.2) is 51.1 Å². The second-order valence-corrected chi connectivity index (χ2v) is 4.46. The molecule has 0 heterocycles. The summed E-state index contributed by atoms with van der Waals surface area (Å²) in [5.74, 6) is 0. The first kappa shape index (κ1) is 19.2. The van der Waals surface area contributed by atoms with Crippen molar-refractivity contribution in [3.05, 3.63) is 0 Å². The van der Waals surface area contributed by atoms with Gasteiger partial charge in [0.2, 0.25) is 0 Å². The van der Waals surface area contributed by atoms with Gasteiger partial charge in [-0.15, -0.1) is 0 Å². The summed E-state index contributed by atoms with van der Waals surface area (Å²) in [6.07, 6.45) is 4.03. The lowest BCUT2D eigenvalue weighted by atomic mass is 10.1. The van der Waals surface area contributed by atoms with Crippen molar-refractivity contribution in [2.24, 2.45) is 15.7 Å². The Bertz CT molecular complexity index is 250. The van der Waals surface area contributed by atoms with Crippen LogP contribution >= 0.6 is 0 Å². The summed E-state index contributed by atoms with van der Waals surface area (Å²) in [5.41, 5.74) is 7.57. The first-order valence-corrected chi connectivity index (χ1v) is 7.72. The molecule has 0 unspecified atom stereocenters. The van der Waals surface area contributed by atoms with Crippen molar-refractivity contribution in [2.45, 2.75) is 46.5 Å². The number of nitrogens with zero attached hydrogens (tertiary/aromatic N) is 2. The largest absolute Gasteiger partial charge is 0.380 e. The van der Waals surface area contributed by atoms with E-state index in [4.69, 9.17) is 15.2 Å². The molecule has 0 saturated carbocycles. The molecule has 0 atom stereocenters. The zero-order valence-electron chi connectivity index (χ0n) is 13.4. The summed E-state index contributed by atoms with van der Waals surface area (Å²) in [6, 6.07) is 0. The molecule has 0 spiro atoms. The number of hydrogen-bond donors (Lipinski definition) is 1. The Kier molecular flexibility index (Phi) is 14.1. The fourth-order valence-electron chi connectivity index (χ4n) is 1.76. The van der Waals surface area contributed by atoms with E-state index in [1.165, 1.54) is 0 Å². The zero-order valence-corrected chi connectivity index (χ0v) is 13.4. The minimum Gasteiger partial charge on any atom is -0.380 e. The first-order valence-electron chi connectivity index (χ1n) is 7.72. The number of hydrogen-bond acceptors (Lipinski definition) is 5. The maximum atomic E-state index is 5.39. The van der Waals surface area contributed by atoms with E-state index in [2.05, 4.69) is 23.8 Å². The molecule has 2 N–H and O–H groups in total. The summed E-state index contributed by atoms with van der Waals surface area (Å²) in [6.45, 7) is 9.88. The molecule has 0 saturated heterocycles. The highest BCUT2D eigenvalue weighted by atomic mass is 16.5. The van der Waals surface area contributed by atoms with Gasteiger partial charge in [0, 0.05) is 13.2 Å². The lowest BCUT2D eigenvalue weighted by Gasteiger charge is -2.10. The van der Waals surface area contributed by atoms with Gasteiger partial charge in [-0.05, 0) is 19.8 Å². The average molecular weight is 285 g/mol. The first-order chi connectivity index (χ1) is 9.79. The zero-order chi connectivity index (χ0) is 15.1. The molecule has 0 radical (unpaired) electrons. The van der Waals surface area contributed by atoms with Gasteiger partial charge in [-0.25, -0.2) is 0 Å². The number of ether oxygens (including phenoxy) is 2. The topological polar surface area (TPSA) is 69.2 Å². The van der Waals surface area contributed by atoms with Crippen LogP contribution in [0.2, 0.25) is 0 Å². The third kappa shape index (κ3) is 10.1. The second-order valence-electron chi connectivity index (χ2n) is 4.46. The number of rotatable bonds is 13. The molecule has 0 aliphatic carbocycles. The summed E-state index contributed by atoms with van der Waals surface area (Å²) >= 11 is 0. The van der Waals surface area contributed by atoms with Gasteiger partial charge in [-0.3, -0.25) is 9.98 Å². The summed E-state index contributed by atoms with van der Waals surface area (Å²) in [5, 5.41) is 0. The van der Waals surface area contributed by atoms with Gasteiger partial charge in [0.05, 0.1) is 31.2 Å². The van der Waals surface area contributed by atoms with Crippen molar-refractivity contribution in [1.82, 2.24) is 0 Å². The molecular formula is C15H31N3O2. The molecule has 0 aliphatic heterocycles. The van der Waals surface area contributed by atoms with Gasteiger partial charge in [0.1, 0.15) is 6.73 Å². The third-order valence-corrected chi connectivity index (χ3v) is 2.66. The standard InChI is InChI=1S/C15H31N3O2/c1-4-7-14(17-10-12-19-6-3)15(8-5-2)18-13-20-11-9-16/h4-13,16H2,1-3H3. The van der Waals surface area contributed by atoms with E-state index >= 15 is 0 Å². The Balaban J connectivity index is 4.57. The van der Waals surface area contributed by atoms with Crippen molar-refractivity contribution in [3.63, 3.8) is 0 Å². The van der Waals surface area contributed by atoms with E-state index in [9.17, 15) is 0 Å². The van der Waals surface area contributed by atoms with Crippen LogP contribution in [0.1, 0.15) is 46.5 Å². The monoisotopic (exact) mass is 285 g/mol. The molecule has 0 aromatic heterocycles. The molecule has 0 rings (SSSR count). The van der Waals surface area contributed by atoms with Crippen LogP contribution in [0.3, 0.4) is 0 Å². The molecular weight excluding hydrogens is 254 g/mol. The van der Waals surface area contributed by atoms with Gasteiger partial charge in [-0.1, -0.05) is 26.7 Å². The van der Waals surface area contributed by atoms with Crippen LogP contribution in [0.25, 0.3) is 0 Å². The predicted molar refractivity (Wildman–Crippen MR) is 85.9 cm³/mol. The minimum absolute atomic E-state index is 0.376. The molecule has 5 heteroatoms. The molecule has 0 amide bonds. The van der Waals surface area contributed by atoms with E-state index in [1.54, 1.807) is 0 Å². The van der Waals surface area contributed by atoms with Crippen LogP contribution < -0.4 is 5.73 Å². The van der Waals surface area contributed by atoms with Gasteiger partial charge in [-0.2, -0.15) is 0 Å². The highest BCUT2D eigenvalue weighted by molar-refractivity contribution is 6.42. The molecule has 118 valence electrons. The van der Waals surface area contributed by atoms with E-state index in [1.807, 2.05) is 6.92 Å². The molecule has 0 aromatic carbocycles. The maximum absolute atomic E-state index is 5.39. The maximum Gasteiger partial charge on any atom is 0.137 e. The Morgan fingerprint density at radius 1 is 0.900 bits per heavy atom. The van der Waals surface area contributed by atoms with Gasteiger partial charge >= 0.3 is 0 Å². The smallest absolute Gasteiger partial charge is 0.137 e. The van der Waals surface area contributed by atoms with Crippen molar-refractivity contribution in [2.75, 3.05) is 39.6 Å². The van der Waals surface area contributed by atoms with Crippen LogP contribution in [0.5, 0.6) is 0 Å². The fraction of sp³-hybridized carbons (Fsp3) is 0.867. The average Bonchev–Trinajstić information content (AvgIpc) is 2.46. The third-order valence-electron chi connectivity index (χ3n) is 2.66. The molecule has 0 aliphatic rings. The van der Waals surface area contributed by atoms with Gasteiger partial charge in [0.25, 0.3) is 0 Å². The molecule has 0 aromatic rings. The van der Waals surface area contributed by atoms with Crippen molar-refractivity contribution >= 4 is 11.4 Å². The predicted octanol–water partition coefficient (Wildman–Crippen LogP) is 2.44. The van der Waals surface area contributed by atoms with Crippen molar-refractivity contribution < 1.29 is 9.47 Å². The fourth-order valence-corrected chi connectivity index (χ4v) is 1.76. The van der Waals surface area contributed by atoms with Crippen LogP contribution in [0, 0.1) is 0 Å². The SMILES string of the molecule is CCCC(=NCCOCC)C(CCC)=NCOCCN. The summed E-state index contributed by atoms with van der Waals surface area (Å²) < 4.78 is 10.7. The molecule has 20 heavy (non-hydrogen) atoms. The lowest BCUT2D eigenvalue weighted by molar-refractivity contribution is 0.150. The Hall–Kier alpha value is -0.780. The normalized spacial score (nSPS) is 13.0. The van der Waals surface area contributed by atoms with Crippen LogP contribution in [0.4, 0.5) is 0 Å². The van der Waals surface area contributed by atoms with E-state index in [-0.39, 0.29) is 0 Å². The molecule has 5 nitrogen and oxygen atoms in total. The van der Waals surface area contributed by atoms with E-state index in [0.29, 0.717) is 33.0 Å². The van der Waals surface area contributed by atoms with Crippen molar-refractivity contribution in [1.29, 1.82) is 0 Å². The second kappa shape index (κ2) is 14.6. The summed E-state index contributed by atoms with van der Waals surface area (Å²) in [7, 11) is 0. The van der Waals surface area contributed by atoms with Gasteiger partial charge in [0.15, 0.2) is 0 Å². The number of aliphatic imine (C=N–C) groups is 2. The highest BCUT2D eigenvalue weighted by Crippen LogP contribution is 2.03. The Labute approximate surface area is 123 Å². The molecule has 0 fully saturated rings. The quantitative estimate of drug-likeness (QED) is 0.417. The van der Waals surface area contributed by atoms with E-state index < -0.39 is 0 Å². The van der Waals surface area contributed by atoms with Crippen LogP contribution in [0.15, 0.2) is 9.98 Å². The van der Waals surface area contributed by atoms with Crippen LogP contribution in [-0.2, 0) is 9.47 Å². The lowest BCUT2D eigenvalue weighted by Crippen LogP contribution is -2.17. The van der Waals surface area contributed by atoms with E-state index in [0.717, 1.165) is 43.7 Å². The summed E-state index contributed by atoms with van der Waals surface area (Å²) in [4.78, 5) is 9.19. The van der Waals surface area contributed by atoms with Gasteiger partial charge < -0.3 is 15.2 Å². The minimum atomic E-state index is 0.376.